The fourth-order valence-electron chi connectivity index (χ4n) is 3.83. The highest BCUT2D eigenvalue weighted by atomic mass is 35.5. The molecule has 2 unspecified atom stereocenters. The predicted octanol–water partition coefficient (Wildman–Crippen LogP) is 4.16. The number of carbonyl (C=O) groups is 1. The number of likely N-dealkylation sites (N-methyl/N-ethyl adjacent to an activating group) is 1. The molecule has 6 nitrogen and oxygen atoms in total. The van der Waals surface area contributed by atoms with Crippen LogP contribution in [0.1, 0.15) is 25.7 Å². The van der Waals surface area contributed by atoms with Crippen molar-refractivity contribution in [2.24, 2.45) is 0 Å². The molecular weight excluding hydrogens is 451 g/mol. The third-order valence-electron chi connectivity index (χ3n) is 5.47. The monoisotopic (exact) mass is 482 g/mol. The minimum Gasteiger partial charge on any atom is -0.484 e. The molecule has 1 aromatic carbocycles. The van der Waals surface area contributed by atoms with E-state index in [4.69, 9.17) is 37.4 Å². The van der Waals surface area contributed by atoms with Gasteiger partial charge in [0.2, 0.25) is 0 Å². The van der Waals surface area contributed by atoms with Gasteiger partial charge in [0.25, 0.3) is 5.91 Å². The van der Waals surface area contributed by atoms with Gasteiger partial charge >= 0.3 is 0 Å². The van der Waals surface area contributed by atoms with Gasteiger partial charge in [-0.25, -0.2) is 0 Å². The lowest BCUT2D eigenvalue weighted by Crippen LogP contribution is -2.55. The highest BCUT2D eigenvalue weighted by Gasteiger charge is 2.34. The van der Waals surface area contributed by atoms with Crippen LogP contribution in [-0.2, 0) is 14.3 Å². The second kappa shape index (κ2) is 14.3. The Hall–Kier alpha value is -0.760. The first-order valence-electron chi connectivity index (χ1n) is 10.0. The van der Waals surface area contributed by atoms with Crippen molar-refractivity contribution in [3.05, 3.63) is 28.2 Å². The van der Waals surface area contributed by atoms with Crippen LogP contribution in [0.3, 0.4) is 0 Å². The number of rotatable bonds is 11. The van der Waals surface area contributed by atoms with Crippen LogP contribution in [0, 0.1) is 0 Å². The molecular formula is C21H33Cl3N2O4. The number of hydrogen-bond donors (Lipinski definition) is 0. The summed E-state index contributed by atoms with van der Waals surface area (Å²) < 4.78 is 16.2. The van der Waals surface area contributed by atoms with Crippen LogP contribution in [0.25, 0.3) is 0 Å². The lowest BCUT2D eigenvalue weighted by Gasteiger charge is -2.43. The minimum absolute atomic E-state index is 0. The van der Waals surface area contributed by atoms with Crippen LogP contribution in [0.15, 0.2) is 18.2 Å². The van der Waals surface area contributed by atoms with Gasteiger partial charge in [-0.15, -0.1) is 12.4 Å². The number of methoxy groups -OCH3 is 2. The SMILES string of the molecule is COCCN(CCOC)C1CCCCC1N(C)C(=O)COc1ccc(Cl)c(Cl)c1.Cl. The van der Waals surface area contributed by atoms with Crippen molar-refractivity contribution in [2.75, 3.05) is 54.2 Å². The first-order chi connectivity index (χ1) is 14.0. The van der Waals surface area contributed by atoms with E-state index < -0.39 is 0 Å². The van der Waals surface area contributed by atoms with Gasteiger partial charge in [-0.2, -0.15) is 0 Å². The second-order valence-electron chi connectivity index (χ2n) is 7.31. The van der Waals surface area contributed by atoms with Crippen molar-refractivity contribution >= 4 is 41.5 Å². The smallest absolute Gasteiger partial charge is 0.260 e. The molecule has 0 aliphatic heterocycles. The minimum atomic E-state index is -0.0496. The number of ether oxygens (including phenoxy) is 3. The summed E-state index contributed by atoms with van der Waals surface area (Å²) in [4.78, 5) is 17.1. The predicted molar refractivity (Wildman–Crippen MR) is 123 cm³/mol. The van der Waals surface area contributed by atoms with E-state index in [1.165, 1.54) is 6.42 Å². The number of hydrogen-bond acceptors (Lipinski definition) is 5. The summed E-state index contributed by atoms with van der Waals surface area (Å²) in [6.07, 6.45) is 4.33. The molecule has 2 atom stereocenters. The molecule has 30 heavy (non-hydrogen) atoms. The zero-order chi connectivity index (χ0) is 21.2. The summed E-state index contributed by atoms with van der Waals surface area (Å²) in [5.74, 6) is 0.481. The Balaban J connectivity index is 0.00000450. The molecule has 1 saturated carbocycles. The average Bonchev–Trinajstić information content (AvgIpc) is 2.74. The van der Waals surface area contributed by atoms with E-state index in [1.807, 2.05) is 11.9 Å². The van der Waals surface area contributed by atoms with Crippen molar-refractivity contribution in [3.8, 4) is 5.75 Å². The van der Waals surface area contributed by atoms with Gasteiger partial charge in [0.05, 0.1) is 23.3 Å². The van der Waals surface area contributed by atoms with E-state index in [9.17, 15) is 4.79 Å². The van der Waals surface area contributed by atoms with Crippen LogP contribution >= 0.6 is 35.6 Å². The van der Waals surface area contributed by atoms with Crippen molar-refractivity contribution < 1.29 is 19.0 Å². The van der Waals surface area contributed by atoms with E-state index >= 15 is 0 Å². The third-order valence-corrected chi connectivity index (χ3v) is 6.21. The molecule has 0 bridgehead atoms. The maximum atomic E-state index is 12.8. The number of benzene rings is 1. The summed E-state index contributed by atoms with van der Waals surface area (Å²) in [7, 11) is 5.29. The fourth-order valence-corrected chi connectivity index (χ4v) is 4.12. The van der Waals surface area contributed by atoms with Gasteiger partial charge in [-0.1, -0.05) is 36.0 Å². The van der Waals surface area contributed by atoms with Crippen LogP contribution in [0.4, 0.5) is 0 Å². The molecule has 0 saturated heterocycles. The molecule has 1 aliphatic rings. The fraction of sp³-hybridized carbons (Fsp3) is 0.667. The summed E-state index contributed by atoms with van der Waals surface area (Å²) >= 11 is 11.9. The van der Waals surface area contributed by atoms with E-state index in [1.54, 1.807) is 32.4 Å². The van der Waals surface area contributed by atoms with Crippen molar-refractivity contribution in [3.63, 3.8) is 0 Å². The first kappa shape index (κ1) is 27.3. The number of carbonyl (C=O) groups excluding carboxylic acids is 1. The van der Waals surface area contributed by atoms with Crippen molar-refractivity contribution in [1.29, 1.82) is 0 Å². The lowest BCUT2D eigenvalue weighted by molar-refractivity contribution is -0.136. The second-order valence-corrected chi connectivity index (χ2v) is 8.12. The highest BCUT2D eigenvalue weighted by Crippen LogP contribution is 2.28. The Morgan fingerprint density at radius 1 is 1.03 bits per heavy atom. The quantitative estimate of drug-likeness (QED) is 0.473. The Morgan fingerprint density at radius 2 is 1.63 bits per heavy atom. The van der Waals surface area contributed by atoms with E-state index in [2.05, 4.69) is 4.90 Å². The van der Waals surface area contributed by atoms with Crippen molar-refractivity contribution in [2.45, 2.75) is 37.8 Å². The molecule has 0 spiro atoms. The van der Waals surface area contributed by atoms with E-state index in [0.29, 0.717) is 29.0 Å². The van der Waals surface area contributed by atoms with Gasteiger partial charge in [-0.3, -0.25) is 9.69 Å². The van der Waals surface area contributed by atoms with Gasteiger partial charge < -0.3 is 19.1 Å². The van der Waals surface area contributed by atoms with Crippen LogP contribution in [-0.4, -0.2) is 82.0 Å². The first-order valence-corrected chi connectivity index (χ1v) is 10.8. The molecule has 0 aromatic heterocycles. The van der Waals surface area contributed by atoms with E-state index in [-0.39, 0.29) is 37.0 Å². The van der Waals surface area contributed by atoms with E-state index in [0.717, 1.165) is 32.4 Å². The van der Waals surface area contributed by atoms with Crippen molar-refractivity contribution in [1.82, 2.24) is 9.80 Å². The van der Waals surface area contributed by atoms with Gasteiger partial charge in [0.1, 0.15) is 5.75 Å². The third kappa shape index (κ3) is 8.06. The zero-order valence-corrected chi connectivity index (χ0v) is 20.3. The summed E-state index contributed by atoms with van der Waals surface area (Å²) in [6, 6.07) is 5.42. The summed E-state index contributed by atoms with van der Waals surface area (Å²) in [5.41, 5.74) is 0. The topological polar surface area (TPSA) is 51.2 Å². The summed E-state index contributed by atoms with van der Waals surface area (Å²) in [6.45, 7) is 2.93. The molecule has 9 heteroatoms. The Bertz CT molecular complexity index is 643. The Kier molecular flexibility index (Phi) is 13.0. The average molecular weight is 484 g/mol. The molecule has 1 amide bonds. The lowest BCUT2D eigenvalue weighted by atomic mass is 9.88. The molecule has 0 N–H and O–H groups in total. The molecule has 172 valence electrons. The molecule has 0 radical (unpaired) electrons. The van der Waals surface area contributed by atoms with Crippen LogP contribution in [0.5, 0.6) is 5.75 Å². The molecule has 1 fully saturated rings. The molecule has 2 rings (SSSR count). The molecule has 0 heterocycles. The number of nitrogens with zero attached hydrogens (tertiary/aromatic N) is 2. The number of halogens is 3. The highest BCUT2D eigenvalue weighted by molar-refractivity contribution is 6.42. The maximum absolute atomic E-state index is 12.8. The maximum Gasteiger partial charge on any atom is 0.260 e. The normalized spacial score (nSPS) is 18.7. The largest absolute Gasteiger partial charge is 0.484 e. The standard InChI is InChI=1S/C21H32Cl2N2O4.ClH/c1-24(21(26)15-29-16-8-9-17(22)18(23)14-16)19-6-4-5-7-20(19)25(10-12-27-2)11-13-28-3;/h8-9,14,19-20H,4-7,10-13,15H2,1-3H3;1H. The van der Waals surface area contributed by atoms with Gasteiger partial charge in [0, 0.05) is 52.5 Å². The Labute approximate surface area is 196 Å². The Morgan fingerprint density at radius 3 is 2.20 bits per heavy atom. The zero-order valence-electron chi connectivity index (χ0n) is 17.9. The van der Waals surface area contributed by atoms with Gasteiger partial charge in [-0.05, 0) is 25.0 Å². The molecule has 1 aromatic rings. The van der Waals surface area contributed by atoms with Gasteiger partial charge in [0.15, 0.2) is 6.61 Å². The van der Waals surface area contributed by atoms with Crippen LogP contribution in [0.2, 0.25) is 10.0 Å². The van der Waals surface area contributed by atoms with Crippen LogP contribution < -0.4 is 4.74 Å². The molecule has 1 aliphatic carbocycles. The summed E-state index contributed by atoms with van der Waals surface area (Å²) in [5, 5.41) is 0.865. The number of amides is 1.